The first-order valence-corrected chi connectivity index (χ1v) is 8.63. The summed E-state index contributed by atoms with van der Waals surface area (Å²) in [5.74, 6) is 1.46. The van der Waals surface area contributed by atoms with Gasteiger partial charge in [0.25, 0.3) is 0 Å². The maximum atomic E-state index is 12.5. The third-order valence-electron chi connectivity index (χ3n) is 4.53. The Hall–Kier alpha value is -2.57. The quantitative estimate of drug-likeness (QED) is 0.797. The van der Waals surface area contributed by atoms with Crippen molar-refractivity contribution in [1.29, 1.82) is 0 Å². The van der Waals surface area contributed by atoms with Crippen LogP contribution in [0.2, 0.25) is 0 Å². The topological polar surface area (TPSA) is 73.3 Å². The number of nitrogens with zero attached hydrogens (tertiary/aromatic N) is 4. The van der Waals surface area contributed by atoms with Crippen molar-refractivity contribution >= 4 is 12.0 Å². The van der Waals surface area contributed by atoms with Gasteiger partial charge in [-0.2, -0.15) is 5.10 Å². The summed E-state index contributed by atoms with van der Waals surface area (Å²) in [6, 6.07) is 3.63. The molecule has 3 heterocycles. The average molecular weight is 344 g/mol. The van der Waals surface area contributed by atoms with Crippen LogP contribution in [0.3, 0.4) is 0 Å². The van der Waals surface area contributed by atoms with E-state index in [1.807, 2.05) is 18.7 Å². The minimum absolute atomic E-state index is 0.0427. The van der Waals surface area contributed by atoms with E-state index in [4.69, 9.17) is 4.42 Å². The fraction of sp³-hybridized carbons (Fsp3) is 0.500. The number of hydrogen-bond acceptors (Lipinski definition) is 4. The second kappa shape index (κ2) is 7.13. The van der Waals surface area contributed by atoms with Crippen molar-refractivity contribution in [1.82, 2.24) is 19.2 Å². The van der Waals surface area contributed by atoms with Crippen molar-refractivity contribution in [3.63, 3.8) is 0 Å². The van der Waals surface area contributed by atoms with Gasteiger partial charge in [-0.15, -0.1) is 0 Å². The lowest BCUT2D eigenvalue weighted by atomic mass is 9.96. The second-order valence-electron chi connectivity index (χ2n) is 6.70. The molecule has 1 amide bonds. The van der Waals surface area contributed by atoms with Gasteiger partial charge in [0.05, 0.1) is 6.26 Å². The van der Waals surface area contributed by atoms with Crippen LogP contribution in [0.25, 0.3) is 6.08 Å². The van der Waals surface area contributed by atoms with Crippen LogP contribution in [0.4, 0.5) is 0 Å². The summed E-state index contributed by atoms with van der Waals surface area (Å²) in [7, 11) is 1.67. The molecule has 0 bridgehead atoms. The average Bonchev–Trinajstić information content (AvgIpc) is 3.21. The monoisotopic (exact) mass is 344 g/mol. The van der Waals surface area contributed by atoms with Gasteiger partial charge in [-0.1, -0.05) is 0 Å². The molecule has 2 aromatic rings. The largest absolute Gasteiger partial charge is 0.465 e. The minimum atomic E-state index is -0.105. The van der Waals surface area contributed by atoms with Crippen molar-refractivity contribution in [3.05, 3.63) is 46.5 Å². The molecule has 0 aliphatic carbocycles. The normalized spacial score (nSPS) is 18.4. The molecule has 1 fully saturated rings. The zero-order valence-corrected chi connectivity index (χ0v) is 14.9. The predicted octanol–water partition coefficient (Wildman–Crippen LogP) is 2.18. The highest BCUT2D eigenvalue weighted by atomic mass is 16.3. The summed E-state index contributed by atoms with van der Waals surface area (Å²) >= 11 is 0. The van der Waals surface area contributed by atoms with E-state index in [1.165, 1.54) is 10.8 Å². The number of rotatable bonds is 4. The van der Waals surface area contributed by atoms with Gasteiger partial charge >= 0.3 is 5.69 Å². The Kier molecular flexibility index (Phi) is 4.92. The molecule has 7 nitrogen and oxygen atoms in total. The van der Waals surface area contributed by atoms with Crippen LogP contribution < -0.4 is 5.69 Å². The molecule has 0 aromatic carbocycles. The molecule has 1 aliphatic heterocycles. The molecule has 1 atom stereocenters. The third-order valence-corrected chi connectivity index (χ3v) is 4.53. The summed E-state index contributed by atoms with van der Waals surface area (Å²) in [5.41, 5.74) is -0.105. The Labute approximate surface area is 146 Å². The van der Waals surface area contributed by atoms with E-state index in [9.17, 15) is 9.59 Å². The molecule has 25 heavy (non-hydrogen) atoms. The second-order valence-corrected chi connectivity index (χ2v) is 6.70. The van der Waals surface area contributed by atoms with Crippen LogP contribution in [0.5, 0.6) is 0 Å². The van der Waals surface area contributed by atoms with E-state index in [0.717, 1.165) is 25.2 Å². The summed E-state index contributed by atoms with van der Waals surface area (Å²) in [4.78, 5) is 26.6. The van der Waals surface area contributed by atoms with E-state index < -0.39 is 0 Å². The van der Waals surface area contributed by atoms with E-state index in [0.29, 0.717) is 12.3 Å². The molecule has 0 spiro atoms. The van der Waals surface area contributed by atoms with Gasteiger partial charge in [0.2, 0.25) is 5.91 Å². The van der Waals surface area contributed by atoms with Crippen LogP contribution in [0, 0.1) is 0 Å². The van der Waals surface area contributed by atoms with E-state index >= 15 is 0 Å². The first-order chi connectivity index (χ1) is 12.0. The molecule has 1 unspecified atom stereocenters. The highest BCUT2D eigenvalue weighted by Gasteiger charge is 2.29. The van der Waals surface area contributed by atoms with Gasteiger partial charge in [-0.05, 0) is 44.9 Å². The maximum absolute atomic E-state index is 12.5. The summed E-state index contributed by atoms with van der Waals surface area (Å²) in [5, 5.41) is 4.43. The summed E-state index contributed by atoms with van der Waals surface area (Å²) in [6.07, 6.45) is 6.61. The van der Waals surface area contributed by atoms with Gasteiger partial charge in [-0.25, -0.2) is 9.48 Å². The number of likely N-dealkylation sites (tertiary alicyclic amines) is 1. The number of amides is 1. The predicted molar refractivity (Wildman–Crippen MR) is 94.2 cm³/mol. The van der Waals surface area contributed by atoms with Crippen molar-refractivity contribution < 1.29 is 9.21 Å². The molecule has 3 rings (SSSR count). The fourth-order valence-corrected chi connectivity index (χ4v) is 3.30. The minimum Gasteiger partial charge on any atom is -0.465 e. The number of furan rings is 1. The number of piperidine rings is 1. The SMILES string of the molecule is CC(C)n1c(C2CCCN(C(=O)/C=C/c3ccco3)C2)nn(C)c1=O. The molecular weight excluding hydrogens is 320 g/mol. The molecule has 0 N–H and O–H groups in total. The molecule has 1 saturated heterocycles. The van der Waals surface area contributed by atoms with Crippen LogP contribution in [0.1, 0.15) is 50.2 Å². The standard InChI is InChI=1S/C18H24N4O3/c1-13(2)22-17(19-20(3)18(22)24)14-6-4-10-21(12-14)16(23)9-8-15-7-5-11-25-15/h5,7-9,11,13-14H,4,6,10,12H2,1-3H3/b9-8+. The van der Waals surface area contributed by atoms with Gasteiger partial charge in [0.1, 0.15) is 11.6 Å². The van der Waals surface area contributed by atoms with E-state index in [-0.39, 0.29) is 23.6 Å². The van der Waals surface area contributed by atoms with Gasteiger partial charge < -0.3 is 9.32 Å². The molecule has 0 radical (unpaired) electrons. The van der Waals surface area contributed by atoms with Gasteiger partial charge in [0.15, 0.2) is 0 Å². The first kappa shape index (κ1) is 17.3. The Morgan fingerprint density at radius 2 is 2.24 bits per heavy atom. The van der Waals surface area contributed by atoms with Crippen LogP contribution >= 0.6 is 0 Å². The molecule has 7 heteroatoms. The molecule has 2 aromatic heterocycles. The van der Waals surface area contributed by atoms with Crippen LogP contribution in [-0.4, -0.2) is 38.2 Å². The highest BCUT2D eigenvalue weighted by molar-refractivity contribution is 5.91. The van der Waals surface area contributed by atoms with Crippen molar-refractivity contribution in [2.24, 2.45) is 7.05 Å². The fourth-order valence-electron chi connectivity index (χ4n) is 3.30. The van der Waals surface area contributed by atoms with Gasteiger partial charge in [0, 0.05) is 38.2 Å². The smallest absolute Gasteiger partial charge is 0.345 e. The molecule has 134 valence electrons. The third kappa shape index (κ3) is 3.60. The van der Waals surface area contributed by atoms with Crippen molar-refractivity contribution in [2.45, 2.75) is 38.6 Å². The Morgan fingerprint density at radius 1 is 1.44 bits per heavy atom. The van der Waals surface area contributed by atoms with E-state index in [2.05, 4.69) is 5.10 Å². The van der Waals surface area contributed by atoms with E-state index in [1.54, 1.807) is 36.1 Å². The molecular formula is C18H24N4O3. The Morgan fingerprint density at radius 3 is 2.92 bits per heavy atom. The first-order valence-electron chi connectivity index (χ1n) is 8.63. The lowest BCUT2D eigenvalue weighted by Crippen LogP contribution is -2.39. The maximum Gasteiger partial charge on any atom is 0.345 e. The Balaban J connectivity index is 1.76. The number of carbonyl (C=O) groups is 1. The summed E-state index contributed by atoms with van der Waals surface area (Å²) in [6.45, 7) is 5.25. The number of carbonyl (C=O) groups excluding carboxylic acids is 1. The Bertz CT molecular complexity index is 814. The zero-order valence-electron chi connectivity index (χ0n) is 14.9. The number of aromatic nitrogens is 3. The zero-order chi connectivity index (χ0) is 18.0. The number of hydrogen-bond donors (Lipinski definition) is 0. The molecule has 1 aliphatic rings. The van der Waals surface area contributed by atoms with Crippen LogP contribution in [0.15, 0.2) is 33.7 Å². The summed E-state index contributed by atoms with van der Waals surface area (Å²) < 4.78 is 8.33. The lowest BCUT2D eigenvalue weighted by molar-refractivity contribution is -0.127. The van der Waals surface area contributed by atoms with Crippen LogP contribution in [-0.2, 0) is 11.8 Å². The van der Waals surface area contributed by atoms with Gasteiger partial charge in [-0.3, -0.25) is 9.36 Å². The van der Waals surface area contributed by atoms with Crippen molar-refractivity contribution in [2.75, 3.05) is 13.1 Å². The molecule has 0 saturated carbocycles. The lowest BCUT2D eigenvalue weighted by Gasteiger charge is -2.32. The number of aryl methyl sites for hydroxylation is 1. The highest BCUT2D eigenvalue weighted by Crippen LogP contribution is 2.26. The van der Waals surface area contributed by atoms with Crippen molar-refractivity contribution in [3.8, 4) is 0 Å².